The van der Waals surface area contributed by atoms with Crippen molar-refractivity contribution in [1.82, 2.24) is 10.2 Å². The van der Waals surface area contributed by atoms with Crippen molar-refractivity contribution in [2.24, 2.45) is 0 Å². The van der Waals surface area contributed by atoms with Crippen LogP contribution in [0.4, 0.5) is 8.78 Å². The summed E-state index contributed by atoms with van der Waals surface area (Å²) in [5, 5.41) is 3.34. The van der Waals surface area contributed by atoms with Crippen molar-refractivity contribution < 1.29 is 13.5 Å². The van der Waals surface area contributed by atoms with E-state index in [1.807, 2.05) is 45.0 Å². The predicted octanol–water partition coefficient (Wildman–Crippen LogP) is 3.32. The molecule has 1 aromatic carbocycles. The van der Waals surface area contributed by atoms with E-state index in [4.69, 9.17) is 4.74 Å². The first-order chi connectivity index (χ1) is 9.92. The van der Waals surface area contributed by atoms with Gasteiger partial charge < -0.3 is 10.1 Å². The van der Waals surface area contributed by atoms with E-state index >= 15 is 0 Å². The quantitative estimate of drug-likeness (QED) is 0.757. The third kappa shape index (κ3) is 6.87. The van der Waals surface area contributed by atoms with Crippen LogP contribution in [0.1, 0.15) is 32.4 Å². The van der Waals surface area contributed by atoms with Crippen LogP contribution >= 0.6 is 0 Å². The Morgan fingerprint density at radius 2 is 1.76 bits per heavy atom. The van der Waals surface area contributed by atoms with E-state index in [9.17, 15) is 8.78 Å². The number of hydrogen-bond donors (Lipinski definition) is 1. The molecule has 0 saturated heterocycles. The summed E-state index contributed by atoms with van der Waals surface area (Å²) < 4.78 is 30.5. The Kier molecular flexibility index (Phi) is 7.61. The van der Waals surface area contributed by atoms with Gasteiger partial charge in [0.25, 0.3) is 6.43 Å². The second-order valence-electron chi connectivity index (χ2n) is 5.46. The lowest BCUT2D eigenvalue weighted by molar-refractivity contribution is 0.0959. The van der Waals surface area contributed by atoms with Crippen molar-refractivity contribution in [3.05, 3.63) is 29.8 Å². The van der Waals surface area contributed by atoms with Gasteiger partial charge in [-0.2, -0.15) is 0 Å². The molecular weight excluding hydrogens is 274 g/mol. The smallest absolute Gasteiger partial charge is 0.251 e. The standard InChI is InChI=1S/C16H26F2N2O/c1-5-19-15(10-20(4)11-16(17)18)13-6-8-14(9-7-13)21-12(2)3/h6-9,12,15-16,19H,5,10-11H2,1-4H3. The van der Waals surface area contributed by atoms with Crippen molar-refractivity contribution in [2.45, 2.75) is 39.3 Å². The zero-order valence-electron chi connectivity index (χ0n) is 13.3. The number of ether oxygens (including phenoxy) is 1. The minimum absolute atomic E-state index is 0.0341. The van der Waals surface area contributed by atoms with Crippen LogP contribution in [0.15, 0.2) is 24.3 Å². The molecule has 1 aromatic rings. The van der Waals surface area contributed by atoms with Crippen LogP contribution in [0.5, 0.6) is 5.75 Å². The fraction of sp³-hybridized carbons (Fsp3) is 0.625. The molecule has 0 aromatic heterocycles. The molecule has 0 fully saturated rings. The Bertz CT molecular complexity index is 396. The van der Waals surface area contributed by atoms with Crippen LogP contribution in [0, 0.1) is 0 Å². The van der Waals surface area contributed by atoms with Crippen LogP contribution in [-0.4, -0.2) is 44.1 Å². The first-order valence-corrected chi connectivity index (χ1v) is 7.39. The highest BCUT2D eigenvalue weighted by atomic mass is 19.3. The van der Waals surface area contributed by atoms with E-state index in [0.29, 0.717) is 6.54 Å². The zero-order valence-corrected chi connectivity index (χ0v) is 13.3. The van der Waals surface area contributed by atoms with E-state index in [1.54, 1.807) is 11.9 Å². The molecular formula is C16H26F2N2O. The molecule has 5 heteroatoms. The summed E-state index contributed by atoms with van der Waals surface area (Å²) >= 11 is 0. The lowest BCUT2D eigenvalue weighted by Gasteiger charge is -2.25. The van der Waals surface area contributed by atoms with Gasteiger partial charge in [-0.1, -0.05) is 19.1 Å². The second kappa shape index (κ2) is 8.95. The minimum atomic E-state index is -2.31. The van der Waals surface area contributed by atoms with Crippen molar-refractivity contribution in [2.75, 3.05) is 26.7 Å². The van der Waals surface area contributed by atoms with Gasteiger partial charge in [-0.15, -0.1) is 0 Å². The molecule has 1 atom stereocenters. The summed E-state index contributed by atoms with van der Waals surface area (Å²) in [7, 11) is 1.72. The Hall–Kier alpha value is -1.20. The van der Waals surface area contributed by atoms with E-state index in [1.165, 1.54) is 0 Å². The number of hydrogen-bond acceptors (Lipinski definition) is 3. The summed E-state index contributed by atoms with van der Waals surface area (Å²) in [4.78, 5) is 1.65. The molecule has 1 unspecified atom stereocenters. The van der Waals surface area contributed by atoms with E-state index < -0.39 is 6.43 Å². The lowest BCUT2D eigenvalue weighted by atomic mass is 10.1. The van der Waals surface area contributed by atoms with E-state index in [0.717, 1.165) is 17.9 Å². The van der Waals surface area contributed by atoms with Crippen molar-refractivity contribution in [1.29, 1.82) is 0 Å². The summed E-state index contributed by atoms with van der Waals surface area (Å²) in [5.74, 6) is 0.824. The number of alkyl halides is 2. The number of halogens is 2. The van der Waals surface area contributed by atoms with Crippen LogP contribution < -0.4 is 10.1 Å². The highest BCUT2D eigenvalue weighted by Gasteiger charge is 2.15. The summed E-state index contributed by atoms with van der Waals surface area (Å²) in [5.41, 5.74) is 1.08. The maximum atomic E-state index is 12.4. The number of rotatable bonds is 9. The van der Waals surface area contributed by atoms with Gasteiger partial charge in [0, 0.05) is 12.6 Å². The molecule has 0 bridgehead atoms. The van der Waals surface area contributed by atoms with Gasteiger partial charge in [-0.25, -0.2) is 8.78 Å². The molecule has 120 valence electrons. The highest BCUT2D eigenvalue weighted by Crippen LogP contribution is 2.19. The van der Waals surface area contributed by atoms with Gasteiger partial charge >= 0.3 is 0 Å². The normalized spacial score (nSPS) is 13.2. The lowest BCUT2D eigenvalue weighted by Crippen LogP contribution is -2.35. The minimum Gasteiger partial charge on any atom is -0.491 e. The fourth-order valence-electron chi connectivity index (χ4n) is 2.21. The number of benzene rings is 1. The van der Waals surface area contributed by atoms with E-state index in [-0.39, 0.29) is 18.7 Å². The van der Waals surface area contributed by atoms with Gasteiger partial charge in [-0.05, 0) is 45.1 Å². The Morgan fingerprint density at radius 1 is 1.14 bits per heavy atom. The molecule has 1 N–H and O–H groups in total. The summed E-state index contributed by atoms with van der Waals surface area (Å²) in [6.07, 6.45) is -2.17. The number of nitrogens with one attached hydrogen (secondary N) is 1. The van der Waals surface area contributed by atoms with Crippen LogP contribution in [0.25, 0.3) is 0 Å². The van der Waals surface area contributed by atoms with Crippen LogP contribution in [-0.2, 0) is 0 Å². The molecule has 21 heavy (non-hydrogen) atoms. The Labute approximate surface area is 126 Å². The Morgan fingerprint density at radius 3 is 2.24 bits per heavy atom. The predicted molar refractivity (Wildman–Crippen MR) is 82.1 cm³/mol. The molecule has 0 amide bonds. The maximum Gasteiger partial charge on any atom is 0.251 e. The summed E-state index contributed by atoms with van der Waals surface area (Å²) in [6, 6.07) is 7.86. The third-order valence-electron chi connectivity index (χ3n) is 3.05. The van der Waals surface area contributed by atoms with Crippen LogP contribution in [0.2, 0.25) is 0 Å². The maximum absolute atomic E-state index is 12.4. The average molecular weight is 300 g/mol. The molecule has 0 heterocycles. The highest BCUT2D eigenvalue weighted by molar-refractivity contribution is 5.29. The number of nitrogens with zero attached hydrogens (tertiary/aromatic N) is 1. The summed E-state index contributed by atoms with van der Waals surface area (Å²) in [6.45, 7) is 7.09. The third-order valence-corrected chi connectivity index (χ3v) is 3.05. The largest absolute Gasteiger partial charge is 0.491 e. The zero-order chi connectivity index (χ0) is 15.8. The van der Waals surface area contributed by atoms with E-state index in [2.05, 4.69) is 5.32 Å². The molecule has 0 aliphatic carbocycles. The van der Waals surface area contributed by atoms with Gasteiger partial charge in [0.1, 0.15) is 5.75 Å². The molecule has 0 aliphatic heterocycles. The molecule has 3 nitrogen and oxygen atoms in total. The SMILES string of the molecule is CCNC(CN(C)CC(F)F)c1ccc(OC(C)C)cc1. The van der Waals surface area contributed by atoms with Crippen molar-refractivity contribution >= 4 is 0 Å². The van der Waals surface area contributed by atoms with Gasteiger partial charge in [0.2, 0.25) is 0 Å². The van der Waals surface area contributed by atoms with Gasteiger partial charge in [0.15, 0.2) is 0 Å². The van der Waals surface area contributed by atoms with Crippen molar-refractivity contribution in [3.8, 4) is 5.75 Å². The molecule has 0 saturated carbocycles. The fourth-order valence-corrected chi connectivity index (χ4v) is 2.21. The second-order valence-corrected chi connectivity index (χ2v) is 5.46. The molecule has 0 radical (unpaired) electrons. The van der Waals surface area contributed by atoms with Gasteiger partial charge in [-0.3, -0.25) is 4.90 Å². The van der Waals surface area contributed by atoms with Gasteiger partial charge in [0.05, 0.1) is 12.6 Å². The topological polar surface area (TPSA) is 24.5 Å². The molecule has 1 rings (SSSR count). The average Bonchev–Trinajstić information content (AvgIpc) is 2.37. The molecule has 0 spiro atoms. The first-order valence-electron chi connectivity index (χ1n) is 7.39. The van der Waals surface area contributed by atoms with Crippen LogP contribution in [0.3, 0.4) is 0 Å². The Balaban J connectivity index is 2.70. The first kappa shape index (κ1) is 17.9. The molecule has 0 aliphatic rings. The number of likely N-dealkylation sites (N-methyl/N-ethyl adjacent to an activating group) is 2. The monoisotopic (exact) mass is 300 g/mol. The van der Waals surface area contributed by atoms with Crippen molar-refractivity contribution in [3.63, 3.8) is 0 Å².